The van der Waals surface area contributed by atoms with Crippen molar-refractivity contribution in [1.29, 1.82) is 0 Å². The van der Waals surface area contributed by atoms with E-state index in [9.17, 15) is 0 Å². The third kappa shape index (κ3) is 1.49. The van der Waals surface area contributed by atoms with Crippen LogP contribution in [0.1, 0.15) is 18.2 Å². The van der Waals surface area contributed by atoms with Crippen LogP contribution in [0.2, 0.25) is 5.02 Å². The Bertz CT molecular complexity index is 522. The van der Waals surface area contributed by atoms with Crippen LogP contribution >= 0.6 is 11.6 Å². The minimum atomic E-state index is 0.471. The summed E-state index contributed by atoms with van der Waals surface area (Å²) in [5, 5.41) is 9.08. The van der Waals surface area contributed by atoms with Crippen molar-refractivity contribution in [3.05, 3.63) is 29.2 Å². The summed E-state index contributed by atoms with van der Waals surface area (Å²) >= 11 is 6.07. The fourth-order valence-electron chi connectivity index (χ4n) is 2.33. The van der Waals surface area contributed by atoms with Crippen molar-refractivity contribution in [1.82, 2.24) is 19.5 Å². The molecule has 1 aliphatic heterocycles. The number of likely N-dealkylation sites (tertiary alicyclic amines) is 1. The fourth-order valence-corrected chi connectivity index (χ4v) is 2.53. The maximum atomic E-state index is 6.07. The van der Waals surface area contributed by atoms with Crippen LogP contribution in [0.15, 0.2) is 18.3 Å². The highest BCUT2D eigenvalue weighted by Gasteiger charge is 2.25. The molecule has 1 unspecified atom stereocenters. The van der Waals surface area contributed by atoms with E-state index in [-0.39, 0.29) is 0 Å². The highest BCUT2D eigenvalue weighted by atomic mass is 35.5. The maximum Gasteiger partial charge on any atom is 0.179 e. The summed E-state index contributed by atoms with van der Waals surface area (Å²) in [6.45, 7) is 2.17. The second-order valence-electron chi connectivity index (χ2n) is 4.36. The first-order valence-electron chi connectivity index (χ1n) is 5.43. The Morgan fingerprint density at radius 3 is 3.06 bits per heavy atom. The number of nitrogens with zero attached hydrogens (tertiary/aromatic N) is 4. The summed E-state index contributed by atoms with van der Waals surface area (Å²) in [4.78, 5) is 2.32. The highest BCUT2D eigenvalue weighted by molar-refractivity contribution is 6.33. The minimum Gasteiger partial charge on any atom is -0.306 e. The molecule has 4 nitrogen and oxygen atoms in total. The van der Waals surface area contributed by atoms with E-state index in [0.29, 0.717) is 10.9 Å². The Morgan fingerprint density at radius 2 is 2.31 bits per heavy atom. The number of pyridine rings is 1. The lowest BCUT2D eigenvalue weighted by atomic mass is 10.1. The van der Waals surface area contributed by atoms with Gasteiger partial charge >= 0.3 is 0 Å². The molecule has 0 saturated carbocycles. The Labute approximate surface area is 98.8 Å². The molecule has 3 rings (SSSR count). The zero-order valence-corrected chi connectivity index (χ0v) is 9.85. The molecule has 0 aromatic carbocycles. The quantitative estimate of drug-likeness (QED) is 0.757. The summed E-state index contributed by atoms with van der Waals surface area (Å²) in [5.74, 6) is 1.50. The van der Waals surface area contributed by atoms with Gasteiger partial charge in [0.05, 0.1) is 5.02 Å². The van der Waals surface area contributed by atoms with Gasteiger partial charge in [-0.2, -0.15) is 0 Å². The molecule has 1 fully saturated rings. The predicted octanol–water partition coefficient (Wildman–Crippen LogP) is 1.80. The first-order valence-corrected chi connectivity index (χ1v) is 5.81. The molecular formula is C11H13ClN4. The van der Waals surface area contributed by atoms with Gasteiger partial charge in [0.15, 0.2) is 5.65 Å². The topological polar surface area (TPSA) is 33.4 Å². The average molecular weight is 237 g/mol. The van der Waals surface area contributed by atoms with Crippen LogP contribution in [0.3, 0.4) is 0 Å². The first kappa shape index (κ1) is 10.1. The number of fused-ring (bicyclic) bond motifs is 1. The second kappa shape index (κ2) is 3.71. The molecule has 5 heteroatoms. The summed E-state index contributed by atoms with van der Waals surface area (Å²) in [6, 6.07) is 3.77. The van der Waals surface area contributed by atoms with Crippen molar-refractivity contribution in [2.45, 2.75) is 12.3 Å². The summed E-state index contributed by atoms with van der Waals surface area (Å²) in [5.41, 5.74) is 0.758. The van der Waals surface area contributed by atoms with E-state index in [4.69, 9.17) is 11.6 Å². The monoisotopic (exact) mass is 236 g/mol. The molecular weight excluding hydrogens is 224 g/mol. The standard InChI is InChI=1S/C11H13ClN4/c1-15-6-4-8(7-15)10-13-14-11-9(12)3-2-5-16(10)11/h2-3,5,8H,4,6-7H2,1H3. The SMILES string of the molecule is CN1CCC(c2nnc3c(Cl)cccn23)C1. The van der Waals surface area contributed by atoms with E-state index in [0.717, 1.165) is 31.0 Å². The van der Waals surface area contributed by atoms with Crippen molar-refractivity contribution in [2.24, 2.45) is 0 Å². The molecule has 3 heterocycles. The van der Waals surface area contributed by atoms with Gasteiger partial charge in [0.2, 0.25) is 0 Å². The number of halogens is 1. The molecule has 0 spiro atoms. The number of hydrogen-bond acceptors (Lipinski definition) is 3. The molecule has 16 heavy (non-hydrogen) atoms. The zero-order chi connectivity index (χ0) is 11.1. The van der Waals surface area contributed by atoms with Gasteiger partial charge in [0.1, 0.15) is 5.82 Å². The number of hydrogen-bond donors (Lipinski definition) is 0. The summed E-state index contributed by atoms with van der Waals surface area (Å²) < 4.78 is 2.01. The Hall–Kier alpha value is -1.13. The summed E-state index contributed by atoms with van der Waals surface area (Å²) in [6.07, 6.45) is 3.12. The number of likely N-dealkylation sites (N-methyl/N-ethyl adjacent to an activating group) is 1. The van der Waals surface area contributed by atoms with Crippen molar-refractivity contribution in [3.8, 4) is 0 Å². The molecule has 0 radical (unpaired) electrons. The first-order chi connectivity index (χ1) is 7.75. The second-order valence-corrected chi connectivity index (χ2v) is 4.76. The van der Waals surface area contributed by atoms with E-state index >= 15 is 0 Å². The third-order valence-electron chi connectivity index (χ3n) is 3.17. The Balaban J connectivity index is 2.08. The number of rotatable bonds is 1. The van der Waals surface area contributed by atoms with E-state index in [1.807, 2.05) is 22.7 Å². The molecule has 84 valence electrons. The Morgan fingerprint density at radius 1 is 1.44 bits per heavy atom. The average Bonchev–Trinajstić information content (AvgIpc) is 2.84. The zero-order valence-electron chi connectivity index (χ0n) is 9.10. The van der Waals surface area contributed by atoms with Gasteiger partial charge < -0.3 is 4.90 Å². The van der Waals surface area contributed by atoms with Crippen molar-refractivity contribution in [3.63, 3.8) is 0 Å². The smallest absolute Gasteiger partial charge is 0.179 e. The lowest BCUT2D eigenvalue weighted by Gasteiger charge is -2.08. The van der Waals surface area contributed by atoms with Crippen molar-refractivity contribution >= 4 is 17.2 Å². The molecule has 1 saturated heterocycles. The van der Waals surface area contributed by atoms with Crippen LogP contribution in [0.25, 0.3) is 5.65 Å². The summed E-state index contributed by atoms with van der Waals surface area (Å²) in [7, 11) is 2.14. The molecule has 0 N–H and O–H groups in total. The lowest BCUT2D eigenvalue weighted by molar-refractivity contribution is 0.409. The van der Waals surface area contributed by atoms with Gasteiger partial charge in [0.25, 0.3) is 0 Å². The van der Waals surface area contributed by atoms with E-state index in [1.54, 1.807) is 0 Å². The van der Waals surface area contributed by atoms with Crippen LogP contribution in [0, 0.1) is 0 Å². The van der Waals surface area contributed by atoms with Crippen molar-refractivity contribution < 1.29 is 0 Å². The lowest BCUT2D eigenvalue weighted by Crippen LogP contribution is -2.14. The van der Waals surface area contributed by atoms with Crippen molar-refractivity contribution in [2.75, 3.05) is 20.1 Å². The molecule has 2 aromatic rings. The molecule has 0 amide bonds. The minimum absolute atomic E-state index is 0.471. The molecule has 2 aromatic heterocycles. The van der Waals surface area contributed by atoms with E-state index < -0.39 is 0 Å². The van der Waals surface area contributed by atoms with Gasteiger partial charge in [0, 0.05) is 18.7 Å². The van der Waals surface area contributed by atoms with Gasteiger partial charge in [-0.25, -0.2) is 0 Å². The normalized spacial score (nSPS) is 22.0. The van der Waals surface area contributed by atoms with Gasteiger partial charge in [-0.15, -0.1) is 10.2 Å². The van der Waals surface area contributed by atoms with Gasteiger partial charge in [-0.1, -0.05) is 11.6 Å². The van der Waals surface area contributed by atoms with Crippen LogP contribution < -0.4 is 0 Å². The van der Waals surface area contributed by atoms with Crippen LogP contribution in [0.5, 0.6) is 0 Å². The van der Waals surface area contributed by atoms with Crippen LogP contribution in [-0.2, 0) is 0 Å². The van der Waals surface area contributed by atoms with E-state index in [1.165, 1.54) is 0 Å². The van der Waals surface area contributed by atoms with Crippen LogP contribution in [0.4, 0.5) is 0 Å². The van der Waals surface area contributed by atoms with Gasteiger partial charge in [-0.3, -0.25) is 4.40 Å². The predicted molar refractivity (Wildman–Crippen MR) is 62.9 cm³/mol. The number of aromatic nitrogens is 3. The van der Waals surface area contributed by atoms with Crippen LogP contribution in [-0.4, -0.2) is 39.6 Å². The van der Waals surface area contributed by atoms with E-state index in [2.05, 4.69) is 22.1 Å². The van der Waals surface area contributed by atoms with Gasteiger partial charge in [-0.05, 0) is 32.1 Å². The molecule has 1 aliphatic rings. The third-order valence-corrected chi connectivity index (χ3v) is 3.46. The highest BCUT2D eigenvalue weighted by Crippen LogP contribution is 2.26. The Kier molecular flexibility index (Phi) is 2.33. The molecule has 0 bridgehead atoms. The maximum absolute atomic E-state index is 6.07. The molecule has 0 aliphatic carbocycles. The largest absolute Gasteiger partial charge is 0.306 e. The molecule has 1 atom stereocenters. The fraction of sp³-hybridized carbons (Fsp3) is 0.455.